The van der Waals surface area contributed by atoms with Gasteiger partial charge in [-0.2, -0.15) is 0 Å². The standard InChI is InChI=1S/C13H14BrFN4/c14-9-2-1-3-10(15)13(9)11(19-17)6-8-4-5-18-12(16)7-8/h1-5,7,11,19H,6,17H2,(H2,16,18). The summed E-state index contributed by atoms with van der Waals surface area (Å²) in [6.45, 7) is 0. The zero-order chi connectivity index (χ0) is 13.8. The van der Waals surface area contributed by atoms with Gasteiger partial charge in [0.25, 0.3) is 0 Å². The first kappa shape index (κ1) is 13.9. The fraction of sp³-hybridized carbons (Fsp3) is 0.154. The van der Waals surface area contributed by atoms with Gasteiger partial charge in [0.2, 0.25) is 0 Å². The third-order valence-electron chi connectivity index (χ3n) is 2.83. The number of halogens is 2. The van der Waals surface area contributed by atoms with Crippen LogP contribution in [-0.4, -0.2) is 4.98 Å². The zero-order valence-electron chi connectivity index (χ0n) is 10.1. The normalized spacial score (nSPS) is 12.4. The summed E-state index contributed by atoms with van der Waals surface area (Å²) in [6, 6.07) is 8.06. The van der Waals surface area contributed by atoms with Gasteiger partial charge in [-0.1, -0.05) is 22.0 Å². The molecule has 0 aliphatic heterocycles. The summed E-state index contributed by atoms with van der Waals surface area (Å²) in [7, 11) is 0. The van der Waals surface area contributed by atoms with Crippen LogP contribution < -0.4 is 17.0 Å². The molecule has 2 aromatic rings. The number of benzene rings is 1. The maximum atomic E-state index is 13.9. The Hall–Kier alpha value is -1.50. The van der Waals surface area contributed by atoms with Gasteiger partial charge in [0.15, 0.2) is 0 Å². The molecule has 0 bridgehead atoms. The molecule has 1 heterocycles. The molecule has 0 spiro atoms. The van der Waals surface area contributed by atoms with Crippen LogP contribution in [0.15, 0.2) is 41.0 Å². The van der Waals surface area contributed by atoms with Gasteiger partial charge in [-0.25, -0.2) is 9.37 Å². The largest absolute Gasteiger partial charge is 0.384 e. The van der Waals surface area contributed by atoms with Gasteiger partial charge in [-0.15, -0.1) is 0 Å². The summed E-state index contributed by atoms with van der Waals surface area (Å²) in [5, 5.41) is 0. The predicted molar refractivity (Wildman–Crippen MR) is 76.5 cm³/mol. The number of hydrazine groups is 1. The first-order valence-corrected chi connectivity index (χ1v) is 6.51. The molecule has 100 valence electrons. The van der Waals surface area contributed by atoms with Gasteiger partial charge in [0, 0.05) is 16.2 Å². The third-order valence-corrected chi connectivity index (χ3v) is 3.53. The summed E-state index contributed by atoms with van der Waals surface area (Å²) in [6.07, 6.45) is 2.14. The van der Waals surface area contributed by atoms with Gasteiger partial charge in [-0.05, 0) is 36.2 Å². The lowest BCUT2D eigenvalue weighted by Crippen LogP contribution is -2.30. The van der Waals surface area contributed by atoms with E-state index in [1.165, 1.54) is 6.07 Å². The van der Waals surface area contributed by atoms with Gasteiger partial charge < -0.3 is 5.73 Å². The first-order valence-electron chi connectivity index (χ1n) is 5.72. The van der Waals surface area contributed by atoms with Crippen molar-refractivity contribution < 1.29 is 4.39 Å². The van der Waals surface area contributed by atoms with Crippen LogP contribution in [0.2, 0.25) is 0 Å². The van der Waals surface area contributed by atoms with Crippen LogP contribution in [0.5, 0.6) is 0 Å². The SMILES string of the molecule is NNC(Cc1ccnc(N)c1)c1c(F)cccc1Br. The van der Waals surface area contributed by atoms with Crippen LogP contribution in [0.1, 0.15) is 17.2 Å². The lowest BCUT2D eigenvalue weighted by atomic mass is 9.99. The van der Waals surface area contributed by atoms with Crippen LogP contribution in [0.4, 0.5) is 10.2 Å². The Balaban J connectivity index is 2.30. The number of nitrogens with zero attached hydrogens (tertiary/aromatic N) is 1. The molecule has 0 aliphatic rings. The Bertz CT molecular complexity index is 556. The summed E-state index contributed by atoms with van der Waals surface area (Å²) in [5.74, 6) is 5.67. The van der Waals surface area contributed by atoms with Crippen LogP contribution in [0.3, 0.4) is 0 Å². The van der Waals surface area contributed by atoms with Gasteiger partial charge in [-0.3, -0.25) is 11.3 Å². The van der Waals surface area contributed by atoms with Crippen molar-refractivity contribution in [1.82, 2.24) is 10.4 Å². The Morgan fingerprint density at radius 3 is 2.79 bits per heavy atom. The zero-order valence-corrected chi connectivity index (χ0v) is 11.7. The molecule has 1 aromatic carbocycles. The van der Waals surface area contributed by atoms with Crippen LogP contribution >= 0.6 is 15.9 Å². The molecule has 0 saturated carbocycles. The van der Waals surface area contributed by atoms with Crippen molar-refractivity contribution in [2.75, 3.05) is 5.73 Å². The second-order valence-electron chi connectivity index (χ2n) is 4.15. The van der Waals surface area contributed by atoms with Crippen molar-refractivity contribution in [2.45, 2.75) is 12.5 Å². The smallest absolute Gasteiger partial charge is 0.129 e. The van der Waals surface area contributed by atoms with E-state index in [1.54, 1.807) is 24.4 Å². The highest BCUT2D eigenvalue weighted by molar-refractivity contribution is 9.10. The minimum absolute atomic E-state index is 0.306. The Labute approximate surface area is 119 Å². The molecule has 19 heavy (non-hydrogen) atoms. The number of aromatic nitrogens is 1. The average molecular weight is 325 g/mol. The molecular weight excluding hydrogens is 311 g/mol. The summed E-state index contributed by atoms with van der Waals surface area (Å²) in [5.41, 5.74) is 9.70. The highest BCUT2D eigenvalue weighted by Gasteiger charge is 2.18. The highest BCUT2D eigenvalue weighted by Crippen LogP contribution is 2.28. The molecule has 6 heteroatoms. The van der Waals surface area contributed by atoms with Crippen LogP contribution in [0.25, 0.3) is 0 Å². The number of hydrogen-bond acceptors (Lipinski definition) is 4. The maximum absolute atomic E-state index is 13.9. The van der Waals surface area contributed by atoms with Gasteiger partial charge in [0.05, 0.1) is 6.04 Å². The van der Waals surface area contributed by atoms with Gasteiger partial charge in [0.1, 0.15) is 11.6 Å². The van der Waals surface area contributed by atoms with E-state index >= 15 is 0 Å². The van der Waals surface area contributed by atoms with Crippen molar-refractivity contribution in [1.29, 1.82) is 0 Å². The fourth-order valence-electron chi connectivity index (χ4n) is 1.94. The minimum atomic E-state index is -0.350. The third kappa shape index (κ3) is 3.28. The number of hydrogen-bond donors (Lipinski definition) is 3. The molecule has 0 fully saturated rings. The molecule has 1 aromatic heterocycles. The molecule has 4 nitrogen and oxygen atoms in total. The van der Waals surface area contributed by atoms with E-state index in [2.05, 4.69) is 26.3 Å². The van der Waals surface area contributed by atoms with Crippen LogP contribution in [0, 0.1) is 5.82 Å². The number of rotatable bonds is 4. The fourth-order valence-corrected chi connectivity index (χ4v) is 2.56. The molecule has 0 aliphatic carbocycles. The average Bonchev–Trinajstić information content (AvgIpc) is 2.37. The van der Waals surface area contributed by atoms with Crippen molar-refractivity contribution in [3.63, 3.8) is 0 Å². The molecule has 0 amide bonds. The van der Waals surface area contributed by atoms with Crippen molar-refractivity contribution in [2.24, 2.45) is 5.84 Å². The second kappa shape index (κ2) is 6.10. The Morgan fingerprint density at radius 2 is 2.16 bits per heavy atom. The Kier molecular flexibility index (Phi) is 4.47. The molecule has 1 unspecified atom stereocenters. The summed E-state index contributed by atoms with van der Waals surface area (Å²) >= 11 is 3.34. The van der Waals surface area contributed by atoms with E-state index in [-0.39, 0.29) is 11.9 Å². The maximum Gasteiger partial charge on any atom is 0.129 e. The van der Waals surface area contributed by atoms with Crippen LogP contribution in [-0.2, 0) is 6.42 Å². The molecule has 0 radical (unpaired) electrons. The lowest BCUT2D eigenvalue weighted by Gasteiger charge is -2.18. The summed E-state index contributed by atoms with van der Waals surface area (Å²) in [4.78, 5) is 3.92. The molecule has 0 saturated heterocycles. The van der Waals surface area contributed by atoms with E-state index in [0.717, 1.165) is 5.56 Å². The quantitative estimate of drug-likeness (QED) is 0.595. The number of pyridine rings is 1. The highest BCUT2D eigenvalue weighted by atomic mass is 79.9. The molecule has 2 rings (SSSR count). The molecule has 1 atom stereocenters. The predicted octanol–water partition coefficient (Wildman–Crippen LogP) is 2.31. The number of nitrogens with one attached hydrogen (secondary N) is 1. The Morgan fingerprint density at radius 1 is 1.37 bits per heavy atom. The van der Waals surface area contributed by atoms with E-state index in [4.69, 9.17) is 11.6 Å². The van der Waals surface area contributed by atoms with Crippen molar-refractivity contribution >= 4 is 21.7 Å². The topological polar surface area (TPSA) is 77.0 Å². The number of nitrogens with two attached hydrogens (primary N) is 2. The monoisotopic (exact) mass is 324 g/mol. The van der Waals surface area contributed by atoms with E-state index in [1.807, 2.05) is 6.07 Å². The lowest BCUT2D eigenvalue weighted by molar-refractivity contribution is 0.508. The van der Waals surface area contributed by atoms with Crippen molar-refractivity contribution in [3.8, 4) is 0 Å². The number of nitrogen functional groups attached to an aromatic ring is 1. The minimum Gasteiger partial charge on any atom is -0.384 e. The van der Waals surface area contributed by atoms with E-state index in [9.17, 15) is 4.39 Å². The van der Waals surface area contributed by atoms with E-state index in [0.29, 0.717) is 22.3 Å². The summed E-state index contributed by atoms with van der Waals surface area (Å²) < 4.78 is 14.6. The molecule has 5 N–H and O–H groups in total. The van der Waals surface area contributed by atoms with E-state index < -0.39 is 0 Å². The first-order chi connectivity index (χ1) is 9.11. The second-order valence-corrected chi connectivity index (χ2v) is 5.00. The number of anilines is 1. The van der Waals surface area contributed by atoms with Crippen molar-refractivity contribution in [3.05, 3.63) is 57.9 Å². The van der Waals surface area contributed by atoms with Gasteiger partial charge >= 0.3 is 0 Å². The molecular formula is C13H14BrFN4.